The van der Waals surface area contributed by atoms with Crippen LogP contribution < -0.4 is 0 Å². The van der Waals surface area contributed by atoms with Gasteiger partial charge in [0.2, 0.25) is 0 Å². The zero-order valence-electron chi connectivity index (χ0n) is 23.4. The largest absolute Gasteiger partial charge is 3.00 e. The van der Waals surface area contributed by atoms with Gasteiger partial charge in [0.25, 0.3) is 0 Å². The van der Waals surface area contributed by atoms with Crippen LogP contribution in [0.25, 0.3) is 0 Å². The summed E-state index contributed by atoms with van der Waals surface area (Å²) in [7, 11) is 0. The zero-order valence-corrected chi connectivity index (χ0v) is 24.4. The molecule has 0 saturated carbocycles. The van der Waals surface area contributed by atoms with Crippen molar-refractivity contribution < 1.29 is 16.5 Å². The van der Waals surface area contributed by atoms with Gasteiger partial charge in [0.05, 0.1) is 0 Å². The van der Waals surface area contributed by atoms with Crippen molar-refractivity contribution in [3.63, 3.8) is 0 Å². The van der Waals surface area contributed by atoms with Crippen LogP contribution in [0.3, 0.4) is 0 Å². The van der Waals surface area contributed by atoms with Gasteiger partial charge in [-0.15, -0.1) is 0 Å². The molecule has 0 aromatic carbocycles. The third kappa shape index (κ3) is 8.82. The molecule has 0 amide bonds. The van der Waals surface area contributed by atoms with E-state index in [0.29, 0.717) is 0 Å². The molecule has 3 aliphatic heterocycles. The molecule has 201 valence electrons. The van der Waals surface area contributed by atoms with Gasteiger partial charge in [0.1, 0.15) is 0 Å². The molecule has 1 radical (unpaired) electrons. The van der Waals surface area contributed by atoms with Crippen LogP contribution in [0.5, 0.6) is 0 Å². The normalized spacial score (nSPS) is 18.7. The Hall–Kier alpha value is -1.53. The molecule has 0 unspecified atom stereocenters. The minimum Gasteiger partial charge on any atom is -0.507 e. The van der Waals surface area contributed by atoms with E-state index in [0.717, 1.165) is 39.3 Å². The van der Waals surface area contributed by atoms with E-state index in [1.807, 2.05) is 0 Å². The van der Waals surface area contributed by atoms with Crippen molar-refractivity contribution >= 4 is 0 Å². The van der Waals surface area contributed by atoms with Gasteiger partial charge in [-0.3, -0.25) is 4.90 Å². The van der Waals surface area contributed by atoms with E-state index in [4.69, 9.17) is 0 Å². The number of rotatable bonds is 9. The van der Waals surface area contributed by atoms with E-state index in [1.54, 1.807) is 0 Å². The molecule has 7 nitrogen and oxygen atoms in total. The Kier molecular flexibility index (Phi) is 9.91. The van der Waals surface area contributed by atoms with Gasteiger partial charge in [-0.05, 0) is 99.5 Å². The number of hydrogen-bond donors (Lipinski definition) is 0. The summed E-state index contributed by atoms with van der Waals surface area (Å²) in [4.78, 5) is 16.4. The molecule has 0 fully saturated rings. The molecule has 0 atom stereocenters. The monoisotopic (exact) mass is 528 g/mol. The van der Waals surface area contributed by atoms with Crippen LogP contribution in [0.4, 0.5) is 0 Å². The summed E-state index contributed by atoms with van der Waals surface area (Å²) >= 11 is 0. The predicted octanol–water partition coefficient (Wildman–Crippen LogP) is 4.31. The van der Waals surface area contributed by atoms with Crippen LogP contribution in [-0.4, -0.2) is 90.2 Å². The van der Waals surface area contributed by atoms with E-state index >= 15 is 0 Å². The number of hydrogen-bond acceptors (Lipinski definition) is 7. The first kappa shape index (κ1) is 29.7. The van der Waals surface area contributed by atoms with Gasteiger partial charge >= 0.3 is 16.5 Å². The SMILES string of the molecule is CC(C)(C)N1C=CN(CCN(CCN2C=CN(C(C)(C)C)[CH-]2)CCN2C=CN(C(C)(C)C)[CH-]2)[CH-]1.[Ni+3]. The van der Waals surface area contributed by atoms with Gasteiger partial charge in [0.15, 0.2) is 0 Å². The minimum atomic E-state index is 0. The first-order valence-electron chi connectivity index (χ1n) is 12.7. The maximum Gasteiger partial charge on any atom is 3.00 e. The average molecular weight is 529 g/mol. The molecule has 0 bridgehead atoms. The van der Waals surface area contributed by atoms with E-state index in [1.165, 1.54) is 0 Å². The van der Waals surface area contributed by atoms with E-state index in [9.17, 15) is 0 Å². The smallest absolute Gasteiger partial charge is 0.507 e. The van der Waals surface area contributed by atoms with E-state index < -0.39 is 0 Å². The minimum absolute atomic E-state index is 0. The molecule has 0 aromatic rings. The van der Waals surface area contributed by atoms with Crippen LogP contribution in [0.2, 0.25) is 0 Å². The van der Waals surface area contributed by atoms with Crippen molar-refractivity contribution in [2.24, 2.45) is 0 Å². The molecule has 3 heterocycles. The maximum atomic E-state index is 2.59. The van der Waals surface area contributed by atoms with Crippen LogP contribution in [-0.2, 0) is 16.5 Å². The third-order valence-corrected chi connectivity index (χ3v) is 6.42. The van der Waals surface area contributed by atoms with Crippen LogP contribution in [0, 0.1) is 20.0 Å². The van der Waals surface area contributed by atoms with Crippen LogP contribution >= 0.6 is 0 Å². The Morgan fingerprint density at radius 3 is 0.943 bits per heavy atom. The summed E-state index contributed by atoms with van der Waals surface area (Å²) in [5.74, 6) is 0. The molecule has 0 aliphatic carbocycles. The summed E-state index contributed by atoms with van der Waals surface area (Å²) in [6.45, 7) is 32.9. The van der Waals surface area contributed by atoms with Gasteiger partial charge < -0.3 is 29.4 Å². The summed E-state index contributed by atoms with van der Waals surface area (Å²) in [5, 5.41) is 0. The van der Waals surface area contributed by atoms with Crippen molar-refractivity contribution in [3.05, 3.63) is 57.2 Å². The Balaban J connectivity index is 0.00000432. The Morgan fingerprint density at radius 1 is 0.486 bits per heavy atom. The first-order valence-corrected chi connectivity index (χ1v) is 12.7. The van der Waals surface area contributed by atoms with Crippen molar-refractivity contribution in [3.8, 4) is 0 Å². The van der Waals surface area contributed by atoms with E-state index in [2.05, 4.69) is 154 Å². The van der Waals surface area contributed by atoms with Crippen molar-refractivity contribution in [1.82, 2.24) is 34.3 Å². The van der Waals surface area contributed by atoms with Crippen molar-refractivity contribution in [2.45, 2.75) is 78.9 Å². The Bertz CT molecular complexity index is 644. The maximum absolute atomic E-state index is 2.59. The number of nitrogens with zero attached hydrogens (tertiary/aromatic N) is 7. The first-order chi connectivity index (χ1) is 15.7. The van der Waals surface area contributed by atoms with Gasteiger partial charge in [-0.1, -0.05) is 0 Å². The summed E-state index contributed by atoms with van der Waals surface area (Å²) in [6, 6.07) is 0. The van der Waals surface area contributed by atoms with Crippen molar-refractivity contribution in [2.75, 3.05) is 39.3 Å². The molecule has 3 aliphatic rings. The van der Waals surface area contributed by atoms with Gasteiger partial charge in [-0.2, -0.15) is 20.0 Å². The van der Waals surface area contributed by atoms with Gasteiger partial charge in [-0.25, -0.2) is 0 Å². The standard InChI is InChI=1S/C27H48N7.Ni/c1-25(2,3)32-19-16-29(22-32)13-10-28(11-14-30-17-20-33(23-30)26(4,5)6)12-15-31-18-21-34(24-31)27(7,8)9;/h16-24H,10-15H2,1-9H3;/q-3;+3. The van der Waals surface area contributed by atoms with Crippen molar-refractivity contribution in [1.29, 1.82) is 0 Å². The molecular formula is C27H48N7Ni. The topological polar surface area (TPSA) is 22.7 Å². The fraction of sp³-hybridized carbons (Fsp3) is 0.667. The quantitative estimate of drug-likeness (QED) is 0.324. The third-order valence-electron chi connectivity index (χ3n) is 6.42. The molecule has 0 aromatic heterocycles. The molecule has 8 heteroatoms. The van der Waals surface area contributed by atoms with Crippen LogP contribution in [0.15, 0.2) is 37.2 Å². The average Bonchev–Trinajstić information content (AvgIpc) is 3.46. The second-order valence-corrected chi connectivity index (χ2v) is 12.5. The Labute approximate surface area is 226 Å². The molecule has 0 saturated heterocycles. The molecule has 0 N–H and O–H groups in total. The molecule has 3 rings (SSSR count). The second-order valence-electron chi connectivity index (χ2n) is 12.5. The fourth-order valence-electron chi connectivity index (χ4n) is 3.88. The Morgan fingerprint density at radius 2 is 0.743 bits per heavy atom. The molecule has 35 heavy (non-hydrogen) atoms. The van der Waals surface area contributed by atoms with Gasteiger partial charge in [0, 0.05) is 55.9 Å². The molecular weight excluding hydrogens is 481 g/mol. The predicted molar refractivity (Wildman–Crippen MR) is 142 cm³/mol. The zero-order chi connectivity index (χ0) is 25.1. The summed E-state index contributed by atoms with van der Waals surface area (Å²) in [5.41, 5.74) is 0.329. The van der Waals surface area contributed by atoms with Crippen LogP contribution in [0.1, 0.15) is 62.3 Å². The molecule has 0 spiro atoms. The summed E-state index contributed by atoms with van der Waals surface area (Å²) < 4.78 is 0. The fourth-order valence-corrected chi connectivity index (χ4v) is 3.88. The summed E-state index contributed by atoms with van der Waals surface area (Å²) in [6.07, 6.45) is 13.1. The van der Waals surface area contributed by atoms with E-state index in [-0.39, 0.29) is 33.1 Å². The second kappa shape index (κ2) is 11.7.